The number of aliphatic carboxylic acids is 1. The van der Waals surface area contributed by atoms with Crippen molar-refractivity contribution < 1.29 is 34.7 Å². The van der Waals surface area contributed by atoms with Crippen LogP contribution in [0.2, 0.25) is 0 Å². The van der Waals surface area contributed by atoms with E-state index in [1.54, 1.807) is 29.7 Å². The highest BCUT2D eigenvalue weighted by Crippen LogP contribution is 2.15. The largest absolute Gasteiger partial charge is 0.492 e. The van der Waals surface area contributed by atoms with Gasteiger partial charge in [0.25, 0.3) is 5.56 Å². The molecule has 0 saturated heterocycles. The van der Waals surface area contributed by atoms with Crippen molar-refractivity contribution in [1.82, 2.24) is 9.55 Å². The summed E-state index contributed by atoms with van der Waals surface area (Å²) >= 11 is 0. The maximum Gasteiger partial charge on any atom is 0.333 e. The van der Waals surface area contributed by atoms with Gasteiger partial charge in [-0.2, -0.15) is 0 Å². The van der Waals surface area contributed by atoms with Crippen LogP contribution in [0.5, 0.6) is 5.75 Å². The fourth-order valence-corrected chi connectivity index (χ4v) is 3.47. The predicted octanol–water partition coefficient (Wildman–Crippen LogP) is 0.731. The maximum atomic E-state index is 12.8. The van der Waals surface area contributed by atoms with Crippen LogP contribution in [-0.4, -0.2) is 80.6 Å². The Labute approximate surface area is 221 Å². The number of carboxylic acids is 1. The lowest BCUT2D eigenvalue weighted by Gasteiger charge is -2.20. The zero-order valence-corrected chi connectivity index (χ0v) is 21.7. The van der Waals surface area contributed by atoms with Crippen molar-refractivity contribution in [3.63, 3.8) is 0 Å². The summed E-state index contributed by atoms with van der Waals surface area (Å²) in [6.45, 7) is 3.60. The zero-order chi connectivity index (χ0) is 28.1. The second-order valence-electron chi connectivity index (χ2n) is 8.67. The minimum absolute atomic E-state index is 0.0629. The fourth-order valence-electron chi connectivity index (χ4n) is 3.47. The minimum atomic E-state index is -1.21. The van der Waals surface area contributed by atoms with E-state index in [0.717, 1.165) is 11.4 Å². The number of nitrogens with zero attached hydrogens (tertiary/aromatic N) is 2. The molecule has 1 aromatic heterocycles. The van der Waals surface area contributed by atoms with Gasteiger partial charge in [-0.25, -0.2) is 9.78 Å². The molecule has 0 aliphatic heterocycles. The quantitative estimate of drug-likeness (QED) is 0.211. The first-order valence-electron chi connectivity index (χ1n) is 12.4. The summed E-state index contributed by atoms with van der Waals surface area (Å²) in [7, 11) is 0. The van der Waals surface area contributed by atoms with Crippen LogP contribution in [0.1, 0.15) is 25.2 Å². The van der Waals surface area contributed by atoms with E-state index in [9.17, 15) is 14.7 Å². The Balaban J connectivity index is 0.000000550. The lowest BCUT2D eigenvalue weighted by Crippen LogP contribution is -2.50. The number of benzene rings is 2. The number of nitrogens with two attached hydrogens (primary N) is 1. The van der Waals surface area contributed by atoms with Crippen LogP contribution in [0.4, 0.5) is 0 Å². The molecule has 3 aromatic rings. The number of hydrogen-bond donors (Lipinski definition) is 5. The number of hydrogen-bond acceptors (Lipinski definition) is 9. The van der Waals surface area contributed by atoms with Crippen LogP contribution in [0.3, 0.4) is 0 Å². The van der Waals surface area contributed by atoms with E-state index in [0.29, 0.717) is 49.3 Å². The van der Waals surface area contributed by atoms with E-state index in [1.807, 2.05) is 37.3 Å². The molecular weight excluding hydrogens is 494 g/mol. The zero-order valence-electron chi connectivity index (χ0n) is 21.7. The number of aryl methyl sites for hydroxylation is 1. The molecule has 0 aliphatic carbocycles. The summed E-state index contributed by atoms with van der Waals surface area (Å²) in [5.41, 5.74) is 5.43. The first kappa shape index (κ1) is 30.9. The normalized spacial score (nSPS) is 12.1. The van der Waals surface area contributed by atoms with Crippen LogP contribution < -0.4 is 16.0 Å². The third-order valence-electron chi connectivity index (χ3n) is 5.77. The summed E-state index contributed by atoms with van der Waals surface area (Å²) in [6, 6.07) is 14.6. The van der Waals surface area contributed by atoms with E-state index >= 15 is 0 Å². The average Bonchev–Trinajstić information content (AvgIpc) is 2.94. The summed E-state index contributed by atoms with van der Waals surface area (Å²) in [4.78, 5) is 28.6. The van der Waals surface area contributed by atoms with Crippen LogP contribution >= 0.6 is 0 Å². The van der Waals surface area contributed by atoms with E-state index in [2.05, 4.69) is 4.98 Å². The molecule has 0 radical (unpaired) electrons. The van der Waals surface area contributed by atoms with Crippen LogP contribution in [0.25, 0.3) is 10.9 Å². The second kappa shape index (κ2) is 15.2. The molecule has 0 saturated carbocycles. The van der Waals surface area contributed by atoms with Gasteiger partial charge in [-0.3, -0.25) is 9.36 Å². The molecular formula is C27H37N3O8. The first-order valence-corrected chi connectivity index (χ1v) is 12.4. The smallest absolute Gasteiger partial charge is 0.333 e. The standard InChI is InChI=1S/C23H26N2O5.C4H11NO3/c1-3-21-24-19-8-6-5-7-18(19)22(26)25(21)13-14-30-17-11-9-16(10-12-17)15-20(23(27)28)29-4-2;5-4(1-6,2-7)3-8/h5-12,20H,3-4,13-15H2,1-2H3,(H,27,28);6-8H,1-3,5H2/t20-;/m1./s1. The molecule has 2 aromatic carbocycles. The lowest BCUT2D eigenvalue weighted by molar-refractivity contribution is -0.149. The van der Waals surface area contributed by atoms with Crippen molar-refractivity contribution in [3.8, 4) is 5.75 Å². The molecule has 1 atom stereocenters. The topological polar surface area (TPSA) is 177 Å². The molecule has 0 unspecified atom stereocenters. The number of carboxylic acid groups (broad SMARTS) is 1. The molecule has 0 fully saturated rings. The molecule has 3 rings (SSSR count). The van der Waals surface area contributed by atoms with Gasteiger partial charge in [-0.05, 0) is 36.8 Å². The maximum absolute atomic E-state index is 12.8. The predicted molar refractivity (Wildman–Crippen MR) is 142 cm³/mol. The highest BCUT2D eigenvalue weighted by Gasteiger charge is 2.21. The summed E-state index contributed by atoms with van der Waals surface area (Å²) in [6.07, 6.45) is 0.0855. The van der Waals surface area contributed by atoms with Crippen molar-refractivity contribution >= 4 is 16.9 Å². The Bertz CT molecular complexity index is 1200. The Morgan fingerprint density at radius 1 is 1.05 bits per heavy atom. The number of aliphatic hydroxyl groups is 3. The Hall–Kier alpha value is -3.35. The Morgan fingerprint density at radius 2 is 1.68 bits per heavy atom. The van der Waals surface area contributed by atoms with Gasteiger partial charge in [0.2, 0.25) is 0 Å². The third kappa shape index (κ3) is 8.61. The van der Waals surface area contributed by atoms with Gasteiger partial charge in [0.05, 0.1) is 42.8 Å². The van der Waals surface area contributed by atoms with E-state index < -0.39 is 37.4 Å². The van der Waals surface area contributed by atoms with Crippen LogP contribution in [-0.2, 0) is 28.9 Å². The van der Waals surface area contributed by atoms with E-state index in [4.69, 9.17) is 30.5 Å². The molecule has 1 heterocycles. The molecule has 11 nitrogen and oxygen atoms in total. The van der Waals surface area contributed by atoms with Crippen molar-refractivity contribution in [3.05, 3.63) is 70.3 Å². The second-order valence-corrected chi connectivity index (χ2v) is 8.67. The van der Waals surface area contributed by atoms with Gasteiger partial charge in [-0.15, -0.1) is 0 Å². The SMILES string of the molecule is CCO[C@H](Cc1ccc(OCCn2c(CC)nc3ccccc3c2=O)cc1)C(=O)O.NC(CO)(CO)CO. The van der Waals surface area contributed by atoms with Crippen molar-refractivity contribution in [2.75, 3.05) is 33.0 Å². The van der Waals surface area contributed by atoms with Crippen molar-refractivity contribution in [1.29, 1.82) is 0 Å². The molecule has 0 amide bonds. The number of fused-ring (bicyclic) bond motifs is 1. The van der Waals surface area contributed by atoms with Gasteiger partial charge in [0.15, 0.2) is 6.10 Å². The summed E-state index contributed by atoms with van der Waals surface area (Å²) < 4.78 is 12.7. The third-order valence-corrected chi connectivity index (χ3v) is 5.77. The summed E-state index contributed by atoms with van der Waals surface area (Å²) in [5, 5.41) is 34.8. The number of para-hydroxylation sites is 1. The van der Waals surface area contributed by atoms with Gasteiger partial charge < -0.3 is 35.6 Å². The molecule has 0 bridgehead atoms. The summed E-state index contributed by atoms with van der Waals surface area (Å²) in [5.74, 6) is 0.411. The number of ether oxygens (including phenoxy) is 2. The van der Waals surface area contributed by atoms with E-state index in [-0.39, 0.29) is 5.56 Å². The van der Waals surface area contributed by atoms with Gasteiger partial charge >= 0.3 is 5.97 Å². The highest BCUT2D eigenvalue weighted by atomic mass is 16.5. The van der Waals surface area contributed by atoms with Crippen LogP contribution in [0.15, 0.2) is 53.3 Å². The fraction of sp³-hybridized carbons (Fsp3) is 0.444. The number of rotatable bonds is 13. The first-order chi connectivity index (χ1) is 18.2. The van der Waals surface area contributed by atoms with Gasteiger partial charge in [0, 0.05) is 19.4 Å². The Kier molecular flexibility index (Phi) is 12.3. The molecule has 6 N–H and O–H groups in total. The molecule has 38 heavy (non-hydrogen) atoms. The van der Waals surface area contributed by atoms with E-state index in [1.165, 1.54) is 0 Å². The molecule has 0 aliphatic rings. The average molecular weight is 532 g/mol. The van der Waals surface area contributed by atoms with Crippen LogP contribution in [0, 0.1) is 0 Å². The van der Waals surface area contributed by atoms with Crippen molar-refractivity contribution in [2.45, 2.75) is 44.9 Å². The van der Waals surface area contributed by atoms with Gasteiger partial charge in [-0.1, -0.05) is 31.2 Å². The minimum Gasteiger partial charge on any atom is -0.492 e. The Morgan fingerprint density at radius 3 is 2.21 bits per heavy atom. The lowest BCUT2D eigenvalue weighted by atomic mass is 10.1. The number of aliphatic hydroxyl groups excluding tert-OH is 3. The molecule has 11 heteroatoms. The number of aromatic nitrogens is 2. The molecule has 0 spiro atoms. The highest BCUT2D eigenvalue weighted by molar-refractivity contribution is 5.77. The van der Waals surface area contributed by atoms with Crippen molar-refractivity contribution in [2.24, 2.45) is 5.73 Å². The van der Waals surface area contributed by atoms with Gasteiger partial charge in [0.1, 0.15) is 18.2 Å². The number of carbonyl (C=O) groups is 1. The monoisotopic (exact) mass is 531 g/mol. The molecule has 208 valence electrons.